The maximum atomic E-state index is 10.8. The molecule has 3 aliphatic rings. The SMILES string of the molecule is CCCCCCCC(C=C[C@@H]1CCC2(OCC(C)(C)CO2)[C@H]1CCC=CCCC(=O)O)OC1CCCCO1. The van der Waals surface area contributed by atoms with Gasteiger partial charge in [0.05, 0.1) is 19.3 Å². The van der Waals surface area contributed by atoms with Crippen LogP contribution in [0.3, 0.4) is 0 Å². The molecule has 1 spiro atoms. The third kappa shape index (κ3) is 10.4. The second kappa shape index (κ2) is 16.2. The summed E-state index contributed by atoms with van der Waals surface area (Å²) in [6, 6.07) is 0. The molecule has 3 fully saturated rings. The van der Waals surface area contributed by atoms with Crippen molar-refractivity contribution in [3.63, 3.8) is 0 Å². The summed E-state index contributed by atoms with van der Waals surface area (Å²) in [6.45, 7) is 8.89. The number of carbonyl (C=O) groups is 1. The zero-order chi connectivity index (χ0) is 27.3. The van der Waals surface area contributed by atoms with Gasteiger partial charge in [0.25, 0.3) is 0 Å². The molecule has 0 amide bonds. The van der Waals surface area contributed by atoms with Crippen molar-refractivity contribution >= 4 is 5.97 Å². The van der Waals surface area contributed by atoms with E-state index in [9.17, 15) is 4.79 Å². The first-order chi connectivity index (χ1) is 18.3. The number of carboxylic acid groups (broad SMARTS) is 1. The zero-order valence-electron chi connectivity index (χ0n) is 24.3. The Morgan fingerprint density at radius 3 is 2.53 bits per heavy atom. The maximum Gasteiger partial charge on any atom is 0.303 e. The van der Waals surface area contributed by atoms with Gasteiger partial charge in [-0.3, -0.25) is 4.79 Å². The molecule has 0 aromatic rings. The van der Waals surface area contributed by atoms with E-state index in [0.717, 1.165) is 64.8 Å². The molecule has 2 unspecified atom stereocenters. The summed E-state index contributed by atoms with van der Waals surface area (Å²) >= 11 is 0. The second-order valence-corrected chi connectivity index (χ2v) is 12.4. The second-order valence-electron chi connectivity index (χ2n) is 12.4. The number of ether oxygens (including phenoxy) is 4. The van der Waals surface area contributed by atoms with Crippen molar-refractivity contribution in [1.29, 1.82) is 0 Å². The van der Waals surface area contributed by atoms with Gasteiger partial charge in [-0.2, -0.15) is 0 Å². The molecule has 1 saturated carbocycles. The predicted octanol–water partition coefficient (Wildman–Crippen LogP) is 7.81. The molecule has 2 heterocycles. The van der Waals surface area contributed by atoms with Crippen molar-refractivity contribution < 1.29 is 28.8 Å². The van der Waals surface area contributed by atoms with E-state index in [2.05, 4.69) is 39.0 Å². The summed E-state index contributed by atoms with van der Waals surface area (Å²) in [7, 11) is 0. The number of allylic oxidation sites excluding steroid dienone is 3. The van der Waals surface area contributed by atoms with Gasteiger partial charge in [-0.15, -0.1) is 0 Å². The molecule has 0 radical (unpaired) electrons. The average Bonchev–Trinajstić information content (AvgIpc) is 3.23. The number of hydrogen-bond donors (Lipinski definition) is 1. The number of hydrogen-bond acceptors (Lipinski definition) is 5. The van der Waals surface area contributed by atoms with E-state index in [-0.39, 0.29) is 30.1 Å². The first-order valence-corrected chi connectivity index (χ1v) is 15.4. The van der Waals surface area contributed by atoms with Crippen molar-refractivity contribution in [2.45, 2.75) is 135 Å². The Morgan fingerprint density at radius 1 is 1.05 bits per heavy atom. The van der Waals surface area contributed by atoms with Gasteiger partial charge >= 0.3 is 5.97 Å². The molecule has 6 nitrogen and oxygen atoms in total. The van der Waals surface area contributed by atoms with Crippen LogP contribution in [0.25, 0.3) is 0 Å². The molecule has 6 heteroatoms. The van der Waals surface area contributed by atoms with E-state index in [4.69, 9.17) is 24.1 Å². The molecule has 0 aromatic heterocycles. The highest BCUT2D eigenvalue weighted by molar-refractivity contribution is 5.66. The monoisotopic (exact) mass is 534 g/mol. The molecule has 218 valence electrons. The lowest BCUT2D eigenvalue weighted by atomic mass is 9.85. The molecular formula is C32H54O6. The van der Waals surface area contributed by atoms with Crippen LogP contribution in [-0.4, -0.2) is 49.1 Å². The summed E-state index contributed by atoms with van der Waals surface area (Å²) in [6.07, 6.45) is 24.1. The van der Waals surface area contributed by atoms with Crippen molar-refractivity contribution in [1.82, 2.24) is 0 Å². The molecule has 2 saturated heterocycles. The first kappa shape index (κ1) is 31.3. The first-order valence-electron chi connectivity index (χ1n) is 15.4. The van der Waals surface area contributed by atoms with Gasteiger partial charge in [-0.1, -0.05) is 77.2 Å². The normalized spacial score (nSPS) is 27.9. The fraction of sp³-hybridized carbons (Fsp3) is 0.844. The molecule has 2 aliphatic heterocycles. The van der Waals surface area contributed by atoms with Crippen molar-refractivity contribution in [2.75, 3.05) is 19.8 Å². The van der Waals surface area contributed by atoms with Crippen LogP contribution in [0.5, 0.6) is 0 Å². The minimum absolute atomic E-state index is 0.0389. The van der Waals surface area contributed by atoms with Gasteiger partial charge < -0.3 is 24.1 Å². The van der Waals surface area contributed by atoms with Crippen LogP contribution >= 0.6 is 0 Å². The van der Waals surface area contributed by atoms with Gasteiger partial charge in [0, 0.05) is 30.8 Å². The van der Waals surface area contributed by atoms with Crippen LogP contribution in [0.1, 0.15) is 117 Å². The van der Waals surface area contributed by atoms with Crippen LogP contribution in [0.4, 0.5) is 0 Å². The highest BCUT2D eigenvalue weighted by atomic mass is 16.7. The van der Waals surface area contributed by atoms with Crippen LogP contribution in [-0.2, 0) is 23.7 Å². The van der Waals surface area contributed by atoms with Crippen molar-refractivity contribution in [3.8, 4) is 0 Å². The summed E-state index contributed by atoms with van der Waals surface area (Å²) in [5.74, 6) is -0.609. The molecule has 4 atom stereocenters. The van der Waals surface area contributed by atoms with Gasteiger partial charge in [0.2, 0.25) is 0 Å². The predicted molar refractivity (Wildman–Crippen MR) is 151 cm³/mol. The van der Waals surface area contributed by atoms with Crippen LogP contribution in [0.15, 0.2) is 24.3 Å². The van der Waals surface area contributed by atoms with E-state index in [1.165, 1.54) is 38.5 Å². The quantitative estimate of drug-likeness (QED) is 0.161. The van der Waals surface area contributed by atoms with E-state index in [1.54, 1.807) is 0 Å². The fourth-order valence-electron chi connectivity index (χ4n) is 5.98. The highest BCUT2D eigenvalue weighted by Gasteiger charge is 2.52. The number of aliphatic carboxylic acids is 1. The smallest absolute Gasteiger partial charge is 0.303 e. The van der Waals surface area contributed by atoms with Gasteiger partial charge in [-0.05, 0) is 57.3 Å². The van der Waals surface area contributed by atoms with E-state index in [0.29, 0.717) is 12.3 Å². The lowest BCUT2D eigenvalue weighted by Crippen LogP contribution is -2.50. The summed E-state index contributed by atoms with van der Waals surface area (Å²) in [4.78, 5) is 10.8. The average molecular weight is 535 g/mol. The van der Waals surface area contributed by atoms with Crippen molar-refractivity contribution in [3.05, 3.63) is 24.3 Å². The highest BCUT2D eigenvalue weighted by Crippen LogP contribution is 2.50. The standard InChI is InChI=1S/C32H54O6/c1-4-5-6-7-10-15-27(38-30-18-13-14-23-35-30)20-19-26-21-22-32(36-24-31(2,3)25-37-32)28(26)16-11-8-9-12-17-29(33)34/h8-9,19-20,26-28,30H,4-7,10-18,21-25H2,1-3H3,(H,33,34)/t26-,27?,28+,30?/m1/s1. The van der Waals surface area contributed by atoms with Crippen molar-refractivity contribution in [2.24, 2.45) is 17.3 Å². The minimum Gasteiger partial charge on any atom is -0.481 e. The Labute approximate surface area is 231 Å². The number of carboxylic acids is 1. The molecule has 0 aromatic carbocycles. The van der Waals surface area contributed by atoms with E-state index >= 15 is 0 Å². The third-order valence-corrected chi connectivity index (χ3v) is 8.29. The van der Waals surface area contributed by atoms with Crippen LogP contribution in [0.2, 0.25) is 0 Å². The Balaban J connectivity index is 1.64. The Hall–Kier alpha value is -1.21. The lowest BCUT2D eigenvalue weighted by molar-refractivity contribution is -0.316. The Bertz CT molecular complexity index is 728. The topological polar surface area (TPSA) is 74.2 Å². The molecule has 3 rings (SSSR count). The molecule has 1 aliphatic carbocycles. The minimum atomic E-state index is -0.748. The van der Waals surface area contributed by atoms with Gasteiger partial charge in [0.15, 0.2) is 12.1 Å². The van der Waals surface area contributed by atoms with E-state index in [1.807, 2.05) is 6.08 Å². The molecular weight excluding hydrogens is 480 g/mol. The van der Waals surface area contributed by atoms with E-state index < -0.39 is 11.8 Å². The lowest BCUT2D eigenvalue weighted by Gasteiger charge is -2.45. The Morgan fingerprint density at radius 2 is 1.82 bits per heavy atom. The Kier molecular flexibility index (Phi) is 13.3. The zero-order valence-corrected chi connectivity index (χ0v) is 24.3. The molecule has 38 heavy (non-hydrogen) atoms. The maximum absolute atomic E-state index is 10.8. The number of unbranched alkanes of at least 4 members (excludes halogenated alkanes) is 4. The third-order valence-electron chi connectivity index (χ3n) is 8.29. The van der Waals surface area contributed by atoms with Crippen LogP contribution in [0, 0.1) is 17.3 Å². The summed E-state index contributed by atoms with van der Waals surface area (Å²) in [5.41, 5.74) is 0.0389. The molecule has 1 N–H and O–H groups in total. The van der Waals surface area contributed by atoms with Crippen LogP contribution < -0.4 is 0 Å². The van der Waals surface area contributed by atoms with Gasteiger partial charge in [-0.25, -0.2) is 0 Å². The summed E-state index contributed by atoms with van der Waals surface area (Å²) < 4.78 is 25.4. The number of rotatable bonds is 16. The largest absolute Gasteiger partial charge is 0.481 e. The van der Waals surface area contributed by atoms with Gasteiger partial charge in [0.1, 0.15) is 0 Å². The molecule has 0 bridgehead atoms. The summed E-state index contributed by atoms with van der Waals surface area (Å²) in [5, 5.41) is 8.89. The fourth-order valence-corrected chi connectivity index (χ4v) is 5.98.